The summed E-state index contributed by atoms with van der Waals surface area (Å²) in [7, 11) is 1.67. The number of nitrogens with one attached hydrogen (secondary N) is 1. The molecule has 7 nitrogen and oxygen atoms in total. The Labute approximate surface area is 151 Å². The fraction of sp³-hybridized carbons (Fsp3) is 0.471. The van der Waals surface area contributed by atoms with Crippen LogP contribution >= 0.6 is 11.8 Å². The second kappa shape index (κ2) is 8.35. The van der Waals surface area contributed by atoms with E-state index in [1.54, 1.807) is 14.0 Å². The molecular weight excluding hydrogens is 340 g/mol. The van der Waals surface area contributed by atoms with E-state index in [1.807, 2.05) is 30.0 Å². The molecule has 1 aliphatic heterocycles. The lowest BCUT2D eigenvalue weighted by Crippen LogP contribution is -2.32. The third kappa shape index (κ3) is 4.13. The molecule has 2 heterocycles. The van der Waals surface area contributed by atoms with Gasteiger partial charge in [0.15, 0.2) is 5.69 Å². The van der Waals surface area contributed by atoms with Gasteiger partial charge in [-0.15, -0.1) is 5.10 Å². The summed E-state index contributed by atoms with van der Waals surface area (Å²) in [6.07, 6.45) is 0. The number of nitrogens with zero attached hydrogens (tertiary/aromatic N) is 3. The van der Waals surface area contributed by atoms with Crippen molar-refractivity contribution >= 4 is 17.7 Å². The molecule has 0 radical (unpaired) electrons. The van der Waals surface area contributed by atoms with Crippen molar-refractivity contribution in [3.8, 4) is 17.0 Å². The first-order valence-corrected chi connectivity index (χ1v) is 9.43. The topological polar surface area (TPSA) is 80.3 Å². The lowest BCUT2D eigenvalue weighted by atomic mass is 10.0. The average molecular weight is 362 g/mol. The quantitative estimate of drug-likeness (QED) is 0.789. The van der Waals surface area contributed by atoms with Gasteiger partial charge in [-0.3, -0.25) is 4.90 Å². The Hall–Kier alpha value is -2.06. The smallest absolute Gasteiger partial charge is 0.361 e. The minimum Gasteiger partial charge on any atom is -0.496 e. The number of aromatic nitrogens is 3. The van der Waals surface area contributed by atoms with E-state index < -0.39 is 5.97 Å². The van der Waals surface area contributed by atoms with Crippen LogP contribution in [-0.4, -0.2) is 64.6 Å². The summed E-state index contributed by atoms with van der Waals surface area (Å²) in [5.41, 5.74) is 2.59. The van der Waals surface area contributed by atoms with Gasteiger partial charge in [0.05, 0.1) is 13.7 Å². The van der Waals surface area contributed by atoms with E-state index in [0.717, 1.165) is 48.0 Å². The predicted molar refractivity (Wildman–Crippen MR) is 96.9 cm³/mol. The van der Waals surface area contributed by atoms with E-state index in [2.05, 4.69) is 20.3 Å². The molecular formula is C17H22N4O3S. The Morgan fingerprint density at radius 2 is 2.12 bits per heavy atom. The number of rotatable bonds is 6. The SMILES string of the molecule is CCOC(=O)c1n[nH]nc1-c1ccc(OC)c(CN2CCSCC2)c1. The normalized spacial score (nSPS) is 15.1. The van der Waals surface area contributed by atoms with Crippen molar-refractivity contribution in [2.24, 2.45) is 0 Å². The molecule has 25 heavy (non-hydrogen) atoms. The molecule has 0 unspecified atom stereocenters. The third-order valence-corrected chi connectivity index (χ3v) is 5.01. The summed E-state index contributed by atoms with van der Waals surface area (Å²) >= 11 is 1.98. The second-order valence-corrected chi connectivity index (χ2v) is 6.88. The van der Waals surface area contributed by atoms with Crippen LogP contribution in [0.4, 0.5) is 0 Å². The number of carbonyl (C=O) groups excluding carboxylic acids is 1. The van der Waals surface area contributed by atoms with E-state index in [4.69, 9.17) is 9.47 Å². The van der Waals surface area contributed by atoms with E-state index in [1.165, 1.54) is 0 Å². The van der Waals surface area contributed by atoms with Gasteiger partial charge in [0.1, 0.15) is 11.4 Å². The molecule has 8 heteroatoms. The molecule has 1 aromatic carbocycles. The van der Waals surface area contributed by atoms with Crippen LogP contribution in [0, 0.1) is 0 Å². The van der Waals surface area contributed by atoms with Gasteiger partial charge in [-0.05, 0) is 25.1 Å². The summed E-state index contributed by atoms with van der Waals surface area (Å²) < 4.78 is 10.6. The van der Waals surface area contributed by atoms with Crippen LogP contribution in [0.3, 0.4) is 0 Å². The highest BCUT2D eigenvalue weighted by Gasteiger charge is 2.21. The van der Waals surface area contributed by atoms with Crippen molar-refractivity contribution in [1.29, 1.82) is 0 Å². The second-order valence-electron chi connectivity index (χ2n) is 5.66. The van der Waals surface area contributed by atoms with Crippen molar-refractivity contribution < 1.29 is 14.3 Å². The van der Waals surface area contributed by atoms with Gasteiger partial charge in [-0.2, -0.15) is 22.1 Å². The largest absolute Gasteiger partial charge is 0.496 e. The van der Waals surface area contributed by atoms with E-state index >= 15 is 0 Å². The predicted octanol–water partition coefficient (Wildman–Crippen LogP) is 2.21. The van der Waals surface area contributed by atoms with Crippen molar-refractivity contribution in [3.63, 3.8) is 0 Å². The van der Waals surface area contributed by atoms with Gasteiger partial charge in [0.2, 0.25) is 0 Å². The molecule has 134 valence electrons. The van der Waals surface area contributed by atoms with Crippen molar-refractivity contribution in [2.75, 3.05) is 38.3 Å². The summed E-state index contributed by atoms with van der Waals surface area (Å²) in [6, 6.07) is 5.81. The first-order valence-electron chi connectivity index (χ1n) is 8.28. The average Bonchev–Trinajstić information content (AvgIpc) is 3.12. The zero-order chi connectivity index (χ0) is 17.6. The minimum atomic E-state index is -0.475. The Kier molecular flexibility index (Phi) is 5.93. The number of benzene rings is 1. The summed E-state index contributed by atoms with van der Waals surface area (Å²) in [5.74, 6) is 2.66. The number of carbonyl (C=O) groups is 1. The highest BCUT2D eigenvalue weighted by atomic mass is 32.2. The number of thioether (sulfide) groups is 1. The number of H-pyrrole nitrogens is 1. The number of ether oxygens (including phenoxy) is 2. The maximum Gasteiger partial charge on any atom is 0.361 e. The molecule has 0 saturated carbocycles. The molecule has 0 atom stereocenters. The lowest BCUT2D eigenvalue weighted by Gasteiger charge is -2.27. The first kappa shape index (κ1) is 17.8. The third-order valence-electron chi connectivity index (χ3n) is 4.07. The van der Waals surface area contributed by atoms with Gasteiger partial charge in [0.25, 0.3) is 0 Å². The van der Waals surface area contributed by atoms with Crippen LogP contribution in [0.1, 0.15) is 23.0 Å². The summed E-state index contributed by atoms with van der Waals surface area (Å²) in [4.78, 5) is 14.5. The van der Waals surface area contributed by atoms with Crippen molar-refractivity contribution in [2.45, 2.75) is 13.5 Å². The van der Waals surface area contributed by atoms with Crippen molar-refractivity contribution in [3.05, 3.63) is 29.5 Å². The lowest BCUT2D eigenvalue weighted by molar-refractivity contribution is 0.0520. The molecule has 0 bridgehead atoms. The molecule has 1 N–H and O–H groups in total. The van der Waals surface area contributed by atoms with E-state index in [-0.39, 0.29) is 5.69 Å². The Morgan fingerprint density at radius 3 is 2.84 bits per heavy atom. The molecule has 1 saturated heterocycles. The van der Waals surface area contributed by atoms with Gasteiger partial charge in [-0.25, -0.2) is 4.79 Å². The van der Waals surface area contributed by atoms with Gasteiger partial charge in [0, 0.05) is 42.3 Å². The fourth-order valence-corrected chi connectivity index (χ4v) is 3.80. The number of hydrogen-bond acceptors (Lipinski definition) is 7. The number of methoxy groups -OCH3 is 1. The molecule has 3 rings (SSSR count). The number of hydrogen-bond donors (Lipinski definition) is 1. The highest BCUT2D eigenvalue weighted by Crippen LogP contribution is 2.28. The zero-order valence-corrected chi connectivity index (χ0v) is 15.3. The van der Waals surface area contributed by atoms with Gasteiger partial charge < -0.3 is 9.47 Å². The highest BCUT2D eigenvalue weighted by molar-refractivity contribution is 7.99. The number of aromatic amines is 1. The zero-order valence-electron chi connectivity index (χ0n) is 14.4. The van der Waals surface area contributed by atoms with Crippen LogP contribution in [0.25, 0.3) is 11.3 Å². The maximum atomic E-state index is 12.0. The van der Waals surface area contributed by atoms with Crippen molar-refractivity contribution in [1.82, 2.24) is 20.3 Å². The molecule has 1 fully saturated rings. The van der Waals surface area contributed by atoms with Crippen LogP contribution in [0.15, 0.2) is 18.2 Å². The summed E-state index contributed by atoms with van der Waals surface area (Å²) in [5, 5.41) is 10.6. The van der Waals surface area contributed by atoms with Crippen LogP contribution < -0.4 is 4.74 Å². The van der Waals surface area contributed by atoms with Gasteiger partial charge in [-0.1, -0.05) is 0 Å². The molecule has 1 aliphatic rings. The molecule has 0 aliphatic carbocycles. The van der Waals surface area contributed by atoms with Gasteiger partial charge >= 0.3 is 5.97 Å². The van der Waals surface area contributed by atoms with E-state index in [0.29, 0.717) is 12.3 Å². The Bertz CT molecular complexity index is 728. The van der Waals surface area contributed by atoms with E-state index in [9.17, 15) is 4.79 Å². The first-order chi connectivity index (χ1) is 12.2. The molecule has 0 spiro atoms. The number of esters is 1. The molecule has 1 aromatic heterocycles. The summed E-state index contributed by atoms with van der Waals surface area (Å²) in [6.45, 7) is 5.00. The monoisotopic (exact) mass is 362 g/mol. The standard InChI is InChI=1S/C17H22N4O3S/c1-3-24-17(22)16-15(18-20-19-16)12-4-5-14(23-2)13(10-12)11-21-6-8-25-9-7-21/h4-5,10H,3,6-9,11H2,1-2H3,(H,18,19,20). The van der Waals surface area contributed by atoms with Crippen LogP contribution in [-0.2, 0) is 11.3 Å². The fourth-order valence-electron chi connectivity index (χ4n) is 2.82. The molecule has 2 aromatic rings. The Balaban J connectivity index is 1.89. The molecule has 0 amide bonds. The van der Waals surface area contributed by atoms with Crippen LogP contribution in [0.2, 0.25) is 0 Å². The minimum absolute atomic E-state index is 0.201. The Morgan fingerprint density at radius 1 is 1.32 bits per heavy atom. The maximum absolute atomic E-state index is 12.0. The van der Waals surface area contributed by atoms with Crippen LogP contribution in [0.5, 0.6) is 5.75 Å².